The lowest BCUT2D eigenvalue weighted by Crippen LogP contribution is -2.41. The van der Waals surface area contributed by atoms with Gasteiger partial charge in [-0.05, 0) is 36.2 Å². The van der Waals surface area contributed by atoms with Crippen LogP contribution in [0.1, 0.15) is 30.4 Å². The molecule has 0 fully saturated rings. The van der Waals surface area contributed by atoms with E-state index in [1.165, 1.54) is 0 Å². The molecule has 31 heavy (non-hydrogen) atoms. The lowest BCUT2D eigenvalue weighted by molar-refractivity contribution is -0.120. The smallest absolute Gasteiger partial charge is 0.242 e. The van der Waals surface area contributed by atoms with Crippen LogP contribution >= 0.6 is 0 Å². The van der Waals surface area contributed by atoms with Crippen LogP contribution in [0.5, 0.6) is 5.75 Å². The standard InChI is InChI=1S/C23H29N5O3/c1-3-24-23(26-14-17-12-21(29)28-20-7-5-4-6-19(17)20)27-15-22(30)25-13-16-8-10-18(31-2)11-9-16/h4-11,17H,3,12-15H2,1-2H3,(H,25,30)(H,28,29)(H2,24,26,27). The van der Waals surface area contributed by atoms with Gasteiger partial charge in [-0.3, -0.25) is 9.59 Å². The maximum atomic E-state index is 12.2. The molecule has 1 aliphatic heterocycles. The molecule has 3 rings (SSSR count). The number of fused-ring (bicyclic) bond motifs is 1. The van der Waals surface area contributed by atoms with Crippen LogP contribution in [0.25, 0.3) is 0 Å². The van der Waals surface area contributed by atoms with Gasteiger partial charge in [-0.25, -0.2) is 4.99 Å². The third kappa shape index (κ3) is 6.47. The van der Waals surface area contributed by atoms with Gasteiger partial charge in [0.1, 0.15) is 12.3 Å². The van der Waals surface area contributed by atoms with Gasteiger partial charge in [0.2, 0.25) is 11.8 Å². The highest BCUT2D eigenvalue weighted by Gasteiger charge is 2.24. The molecule has 0 saturated heterocycles. The van der Waals surface area contributed by atoms with Crippen molar-refractivity contribution in [3.05, 3.63) is 59.7 Å². The van der Waals surface area contributed by atoms with Crippen LogP contribution in [0.4, 0.5) is 5.69 Å². The van der Waals surface area contributed by atoms with Crippen LogP contribution < -0.4 is 26.0 Å². The SMILES string of the molecule is CCNC(=NCC(=O)NCc1ccc(OC)cc1)NCC1CC(=O)Nc2ccccc21. The summed E-state index contributed by atoms with van der Waals surface area (Å²) in [5.41, 5.74) is 2.94. The number of benzene rings is 2. The number of nitrogens with one attached hydrogen (secondary N) is 4. The second-order valence-corrected chi connectivity index (χ2v) is 7.24. The second-order valence-electron chi connectivity index (χ2n) is 7.24. The number of amides is 2. The van der Waals surface area contributed by atoms with E-state index in [1.807, 2.05) is 55.5 Å². The number of aliphatic imine (C=N–C) groups is 1. The molecule has 1 unspecified atom stereocenters. The number of hydrogen-bond donors (Lipinski definition) is 4. The highest BCUT2D eigenvalue weighted by atomic mass is 16.5. The number of guanidine groups is 1. The van der Waals surface area contributed by atoms with E-state index in [0.29, 0.717) is 32.0 Å². The molecule has 0 aromatic heterocycles. The third-order valence-corrected chi connectivity index (χ3v) is 5.00. The molecule has 0 saturated carbocycles. The predicted octanol–water partition coefficient (Wildman–Crippen LogP) is 1.99. The van der Waals surface area contributed by atoms with Crippen LogP contribution in [-0.4, -0.2) is 44.5 Å². The molecule has 1 aliphatic rings. The lowest BCUT2D eigenvalue weighted by atomic mass is 9.90. The van der Waals surface area contributed by atoms with Crippen molar-refractivity contribution in [2.75, 3.05) is 32.1 Å². The predicted molar refractivity (Wildman–Crippen MR) is 121 cm³/mol. The molecule has 0 aliphatic carbocycles. The molecule has 8 heteroatoms. The summed E-state index contributed by atoms with van der Waals surface area (Å²) in [5, 5.41) is 12.2. The molecule has 0 bridgehead atoms. The van der Waals surface area contributed by atoms with Crippen LogP contribution in [-0.2, 0) is 16.1 Å². The molecule has 0 radical (unpaired) electrons. The molecule has 2 aromatic carbocycles. The summed E-state index contributed by atoms with van der Waals surface area (Å²) >= 11 is 0. The Morgan fingerprint density at radius 1 is 1.13 bits per heavy atom. The van der Waals surface area contributed by atoms with E-state index in [0.717, 1.165) is 22.6 Å². The average Bonchev–Trinajstić information content (AvgIpc) is 2.79. The Bertz CT molecular complexity index is 927. The van der Waals surface area contributed by atoms with E-state index in [1.54, 1.807) is 7.11 Å². The fraction of sp³-hybridized carbons (Fsp3) is 0.348. The largest absolute Gasteiger partial charge is 0.497 e. The fourth-order valence-electron chi connectivity index (χ4n) is 3.40. The Labute approximate surface area is 182 Å². The minimum atomic E-state index is -0.171. The topological polar surface area (TPSA) is 104 Å². The van der Waals surface area contributed by atoms with Gasteiger partial charge in [-0.1, -0.05) is 30.3 Å². The summed E-state index contributed by atoms with van der Waals surface area (Å²) in [5.74, 6) is 1.20. The lowest BCUT2D eigenvalue weighted by Gasteiger charge is -2.26. The van der Waals surface area contributed by atoms with Crippen LogP contribution in [0, 0.1) is 0 Å². The van der Waals surface area contributed by atoms with Crippen molar-refractivity contribution in [2.24, 2.45) is 4.99 Å². The number of para-hydroxylation sites is 1. The number of methoxy groups -OCH3 is 1. The Kier molecular flexibility index (Phi) is 7.86. The van der Waals surface area contributed by atoms with E-state index in [-0.39, 0.29) is 24.3 Å². The first-order valence-corrected chi connectivity index (χ1v) is 10.4. The van der Waals surface area contributed by atoms with E-state index < -0.39 is 0 Å². The molecule has 4 N–H and O–H groups in total. The minimum absolute atomic E-state index is 0.00495. The van der Waals surface area contributed by atoms with Gasteiger partial charge < -0.3 is 26.0 Å². The van der Waals surface area contributed by atoms with Gasteiger partial charge in [0.25, 0.3) is 0 Å². The molecule has 0 spiro atoms. The van der Waals surface area contributed by atoms with Crippen molar-refractivity contribution < 1.29 is 14.3 Å². The Hall–Kier alpha value is -3.55. The van der Waals surface area contributed by atoms with Gasteiger partial charge in [0.15, 0.2) is 5.96 Å². The highest BCUT2D eigenvalue weighted by molar-refractivity contribution is 5.95. The summed E-state index contributed by atoms with van der Waals surface area (Å²) in [7, 11) is 1.62. The van der Waals surface area contributed by atoms with E-state index in [2.05, 4.69) is 26.3 Å². The summed E-state index contributed by atoms with van der Waals surface area (Å²) in [4.78, 5) is 28.6. The number of hydrogen-bond acceptors (Lipinski definition) is 4. The summed E-state index contributed by atoms with van der Waals surface area (Å²) in [6.07, 6.45) is 0.408. The zero-order valence-electron chi connectivity index (χ0n) is 17.9. The maximum Gasteiger partial charge on any atom is 0.242 e. The van der Waals surface area contributed by atoms with Crippen LogP contribution in [0.3, 0.4) is 0 Å². The van der Waals surface area contributed by atoms with Gasteiger partial charge in [0.05, 0.1) is 7.11 Å². The molecule has 8 nitrogen and oxygen atoms in total. The van der Waals surface area contributed by atoms with Crippen molar-refractivity contribution in [2.45, 2.75) is 25.8 Å². The maximum absolute atomic E-state index is 12.2. The van der Waals surface area contributed by atoms with Gasteiger partial charge in [0, 0.05) is 37.7 Å². The first-order chi connectivity index (χ1) is 15.1. The number of carbonyl (C=O) groups is 2. The number of carbonyl (C=O) groups excluding carboxylic acids is 2. The molecule has 164 valence electrons. The molecule has 2 aromatic rings. The minimum Gasteiger partial charge on any atom is -0.497 e. The van der Waals surface area contributed by atoms with Crippen LogP contribution in [0.2, 0.25) is 0 Å². The van der Waals surface area contributed by atoms with Crippen molar-refractivity contribution in [1.82, 2.24) is 16.0 Å². The van der Waals surface area contributed by atoms with E-state index in [4.69, 9.17) is 4.74 Å². The molecule has 2 amide bonds. The number of nitrogens with zero attached hydrogens (tertiary/aromatic N) is 1. The summed E-state index contributed by atoms with van der Waals surface area (Å²) < 4.78 is 5.13. The quantitative estimate of drug-likeness (QED) is 0.384. The number of anilines is 1. The second kappa shape index (κ2) is 11.0. The van der Waals surface area contributed by atoms with Crippen molar-refractivity contribution >= 4 is 23.5 Å². The van der Waals surface area contributed by atoms with Crippen molar-refractivity contribution in [3.63, 3.8) is 0 Å². The van der Waals surface area contributed by atoms with Gasteiger partial charge in [-0.2, -0.15) is 0 Å². The highest BCUT2D eigenvalue weighted by Crippen LogP contribution is 2.31. The molecular formula is C23H29N5O3. The summed E-state index contributed by atoms with van der Waals surface area (Å²) in [6.45, 7) is 3.61. The average molecular weight is 424 g/mol. The Balaban J connectivity index is 1.52. The molecular weight excluding hydrogens is 394 g/mol. The number of ether oxygens (including phenoxy) is 1. The van der Waals surface area contributed by atoms with Crippen LogP contribution in [0.15, 0.2) is 53.5 Å². The first kappa shape index (κ1) is 22.1. The normalized spacial score (nSPS) is 15.5. The molecule has 1 atom stereocenters. The van der Waals surface area contributed by atoms with E-state index in [9.17, 15) is 9.59 Å². The number of rotatable bonds is 8. The Morgan fingerprint density at radius 3 is 2.65 bits per heavy atom. The molecule has 1 heterocycles. The fourth-order valence-corrected chi connectivity index (χ4v) is 3.40. The zero-order valence-corrected chi connectivity index (χ0v) is 17.9. The monoisotopic (exact) mass is 423 g/mol. The van der Waals surface area contributed by atoms with Crippen molar-refractivity contribution in [3.8, 4) is 5.75 Å². The van der Waals surface area contributed by atoms with Crippen molar-refractivity contribution in [1.29, 1.82) is 0 Å². The summed E-state index contributed by atoms with van der Waals surface area (Å²) in [6, 6.07) is 15.3. The van der Waals surface area contributed by atoms with Gasteiger partial charge in [-0.15, -0.1) is 0 Å². The van der Waals surface area contributed by atoms with Gasteiger partial charge >= 0.3 is 0 Å². The zero-order chi connectivity index (χ0) is 22.1. The third-order valence-electron chi connectivity index (χ3n) is 5.00. The first-order valence-electron chi connectivity index (χ1n) is 10.4. The van der Waals surface area contributed by atoms with E-state index >= 15 is 0 Å². The Morgan fingerprint density at radius 2 is 1.90 bits per heavy atom.